The van der Waals surface area contributed by atoms with E-state index in [0.29, 0.717) is 23.8 Å². The van der Waals surface area contributed by atoms with Gasteiger partial charge in [-0.2, -0.15) is 5.10 Å². The first-order chi connectivity index (χ1) is 8.28. The van der Waals surface area contributed by atoms with E-state index in [9.17, 15) is 0 Å². The Morgan fingerprint density at radius 3 is 2.71 bits per heavy atom. The van der Waals surface area contributed by atoms with Crippen LogP contribution < -0.4 is 15.4 Å². The maximum atomic E-state index is 6.20. The number of hydrogen-bond donors (Lipinski definition) is 1. The van der Waals surface area contributed by atoms with Gasteiger partial charge in [-0.1, -0.05) is 0 Å². The Kier molecular flexibility index (Phi) is 2.63. The lowest BCUT2D eigenvalue weighted by Crippen LogP contribution is -2.48. The van der Waals surface area contributed by atoms with E-state index < -0.39 is 0 Å². The fraction of sp³-hybridized carbons (Fsp3) is 0.667. The summed E-state index contributed by atoms with van der Waals surface area (Å²) in [5.74, 6) is 1.84. The molecule has 1 aliphatic heterocycles. The monoisotopic (exact) mass is 234 g/mol. The van der Waals surface area contributed by atoms with Gasteiger partial charge in [0.05, 0.1) is 19.0 Å². The van der Waals surface area contributed by atoms with Crippen molar-refractivity contribution in [3.8, 4) is 5.88 Å². The highest BCUT2D eigenvalue weighted by Gasteiger charge is 2.39. The number of aromatic nitrogens is 2. The summed E-state index contributed by atoms with van der Waals surface area (Å²) in [6, 6.07) is 2.34. The lowest BCUT2D eigenvalue weighted by molar-refractivity contribution is 0.354. The molecular formula is C12H18N4O. The van der Waals surface area contributed by atoms with Crippen molar-refractivity contribution in [2.45, 2.75) is 18.9 Å². The predicted molar refractivity (Wildman–Crippen MR) is 65.0 cm³/mol. The van der Waals surface area contributed by atoms with Gasteiger partial charge in [0.25, 0.3) is 0 Å². The summed E-state index contributed by atoms with van der Waals surface area (Å²) in [6.45, 7) is 2.07. The van der Waals surface area contributed by atoms with Gasteiger partial charge >= 0.3 is 0 Å². The number of nitrogens with two attached hydrogens (primary N) is 1. The van der Waals surface area contributed by atoms with Crippen molar-refractivity contribution in [2.75, 3.05) is 25.1 Å². The van der Waals surface area contributed by atoms with Gasteiger partial charge < -0.3 is 15.4 Å². The first-order valence-corrected chi connectivity index (χ1v) is 6.15. The normalized spacial score (nSPS) is 31.6. The summed E-state index contributed by atoms with van der Waals surface area (Å²) in [7, 11) is 1.61. The van der Waals surface area contributed by atoms with Crippen molar-refractivity contribution in [2.24, 2.45) is 17.6 Å². The molecule has 1 aromatic rings. The topological polar surface area (TPSA) is 64.3 Å². The van der Waals surface area contributed by atoms with Crippen molar-refractivity contribution in [1.29, 1.82) is 0 Å². The second-order valence-corrected chi connectivity index (χ2v) is 5.04. The van der Waals surface area contributed by atoms with Crippen molar-refractivity contribution in [3.63, 3.8) is 0 Å². The summed E-state index contributed by atoms with van der Waals surface area (Å²) >= 11 is 0. The van der Waals surface area contributed by atoms with Crippen LogP contribution in [0.4, 0.5) is 5.69 Å². The third-order valence-corrected chi connectivity index (χ3v) is 4.10. The molecule has 2 fully saturated rings. The van der Waals surface area contributed by atoms with Crippen LogP contribution in [0.5, 0.6) is 5.88 Å². The minimum absolute atomic E-state index is 0.392. The molecule has 92 valence electrons. The molecule has 2 bridgehead atoms. The third-order valence-electron chi connectivity index (χ3n) is 4.10. The van der Waals surface area contributed by atoms with Gasteiger partial charge in [-0.05, 0) is 24.7 Å². The zero-order valence-corrected chi connectivity index (χ0v) is 10.0. The average Bonchev–Trinajstić information content (AvgIpc) is 2.61. The third kappa shape index (κ3) is 1.84. The molecule has 1 unspecified atom stereocenters. The number of nitrogens with zero attached hydrogens (tertiary/aromatic N) is 3. The fourth-order valence-corrected chi connectivity index (χ4v) is 3.09. The second kappa shape index (κ2) is 4.14. The summed E-state index contributed by atoms with van der Waals surface area (Å²) in [5, 5.41) is 7.87. The summed E-state index contributed by atoms with van der Waals surface area (Å²) in [5.41, 5.74) is 7.30. The molecule has 1 saturated carbocycles. The molecule has 0 spiro atoms. The Hall–Kier alpha value is -1.36. The molecule has 2 heterocycles. The SMILES string of the molecule is COc1cc(N2CC3CC[C@@H](C2)[C@@H]3N)cnn1. The minimum Gasteiger partial charge on any atom is -0.480 e. The van der Waals surface area contributed by atoms with Crippen LogP contribution in [0.25, 0.3) is 0 Å². The number of ether oxygens (including phenoxy) is 1. The van der Waals surface area contributed by atoms with Crippen molar-refractivity contribution < 1.29 is 4.74 Å². The van der Waals surface area contributed by atoms with E-state index in [1.807, 2.05) is 6.07 Å². The number of hydrogen-bond acceptors (Lipinski definition) is 5. The van der Waals surface area contributed by atoms with Crippen LogP contribution in [-0.2, 0) is 0 Å². The summed E-state index contributed by atoms with van der Waals surface area (Å²) in [4.78, 5) is 2.36. The van der Waals surface area contributed by atoms with E-state index in [1.165, 1.54) is 12.8 Å². The van der Waals surface area contributed by atoms with E-state index in [2.05, 4.69) is 15.1 Å². The maximum absolute atomic E-state index is 6.20. The quantitative estimate of drug-likeness (QED) is 0.814. The molecule has 0 radical (unpaired) electrons. The molecule has 17 heavy (non-hydrogen) atoms. The highest BCUT2D eigenvalue weighted by Crippen LogP contribution is 2.37. The van der Waals surface area contributed by atoms with E-state index in [0.717, 1.165) is 18.8 Å². The van der Waals surface area contributed by atoms with Gasteiger partial charge in [0, 0.05) is 25.2 Å². The fourth-order valence-electron chi connectivity index (χ4n) is 3.09. The Labute approximate surface area is 101 Å². The van der Waals surface area contributed by atoms with Crippen LogP contribution in [0.2, 0.25) is 0 Å². The van der Waals surface area contributed by atoms with Crippen molar-refractivity contribution >= 4 is 5.69 Å². The lowest BCUT2D eigenvalue weighted by Gasteiger charge is -2.37. The number of rotatable bonds is 2. The second-order valence-electron chi connectivity index (χ2n) is 5.04. The first-order valence-electron chi connectivity index (χ1n) is 6.15. The molecule has 0 aromatic carbocycles. The number of piperidine rings is 1. The van der Waals surface area contributed by atoms with Gasteiger partial charge in [-0.3, -0.25) is 0 Å². The van der Waals surface area contributed by atoms with Crippen molar-refractivity contribution in [3.05, 3.63) is 12.3 Å². The molecule has 1 saturated heterocycles. The number of fused-ring (bicyclic) bond motifs is 2. The van der Waals surface area contributed by atoms with Crippen LogP contribution in [0, 0.1) is 11.8 Å². The van der Waals surface area contributed by atoms with Gasteiger partial charge in [-0.25, -0.2) is 0 Å². The van der Waals surface area contributed by atoms with Gasteiger partial charge in [0.2, 0.25) is 5.88 Å². The highest BCUT2D eigenvalue weighted by atomic mass is 16.5. The zero-order valence-electron chi connectivity index (χ0n) is 10.0. The Morgan fingerprint density at radius 2 is 2.06 bits per heavy atom. The molecule has 1 aliphatic carbocycles. The molecule has 3 rings (SSSR count). The van der Waals surface area contributed by atoms with Crippen molar-refractivity contribution in [1.82, 2.24) is 10.2 Å². The van der Waals surface area contributed by atoms with Crippen LogP contribution in [-0.4, -0.2) is 36.4 Å². The van der Waals surface area contributed by atoms with Gasteiger partial charge in [0.15, 0.2) is 0 Å². The standard InChI is InChI=1S/C12H18N4O/c1-17-11-4-10(5-14-15-11)16-6-8-2-3-9(7-16)12(8)13/h4-5,8-9,12H,2-3,6-7,13H2,1H3/t8-,9?,12-/m0/s1. The summed E-state index contributed by atoms with van der Waals surface area (Å²) < 4.78 is 5.11. The Balaban J connectivity index is 1.81. The molecule has 0 amide bonds. The maximum Gasteiger partial charge on any atom is 0.235 e. The molecule has 2 aliphatic rings. The predicted octanol–water partition coefficient (Wildman–Crippen LogP) is 0.659. The van der Waals surface area contributed by atoms with Gasteiger partial charge in [-0.15, -0.1) is 5.10 Å². The molecule has 5 nitrogen and oxygen atoms in total. The van der Waals surface area contributed by atoms with E-state index in [1.54, 1.807) is 13.3 Å². The van der Waals surface area contributed by atoms with E-state index in [-0.39, 0.29) is 0 Å². The Morgan fingerprint density at radius 1 is 1.35 bits per heavy atom. The Bertz CT molecular complexity index is 397. The molecule has 1 aromatic heterocycles. The van der Waals surface area contributed by atoms with Crippen LogP contribution in [0.15, 0.2) is 12.3 Å². The van der Waals surface area contributed by atoms with Crippen LogP contribution >= 0.6 is 0 Å². The van der Waals surface area contributed by atoms with Crippen LogP contribution in [0.3, 0.4) is 0 Å². The molecule has 2 N–H and O–H groups in total. The van der Waals surface area contributed by atoms with E-state index in [4.69, 9.17) is 10.5 Å². The molecule has 3 atom stereocenters. The molecule has 5 heteroatoms. The highest BCUT2D eigenvalue weighted by molar-refractivity contribution is 5.47. The minimum atomic E-state index is 0.392. The largest absolute Gasteiger partial charge is 0.480 e. The smallest absolute Gasteiger partial charge is 0.235 e. The van der Waals surface area contributed by atoms with Gasteiger partial charge in [0.1, 0.15) is 0 Å². The zero-order chi connectivity index (χ0) is 11.8. The molecular weight excluding hydrogens is 216 g/mol. The number of anilines is 1. The lowest BCUT2D eigenvalue weighted by atomic mass is 9.93. The first kappa shape index (κ1) is 10.8. The van der Waals surface area contributed by atoms with E-state index >= 15 is 0 Å². The van der Waals surface area contributed by atoms with Crippen LogP contribution in [0.1, 0.15) is 12.8 Å². The summed E-state index contributed by atoms with van der Waals surface area (Å²) in [6.07, 6.45) is 4.33. The average molecular weight is 234 g/mol. The number of methoxy groups -OCH3 is 1.